The van der Waals surface area contributed by atoms with Gasteiger partial charge in [0.05, 0.1) is 5.69 Å². The number of nitrogens with one attached hydrogen (secondary N) is 1. The highest BCUT2D eigenvalue weighted by Gasteiger charge is 2.21. The average molecular weight is 346 g/mol. The van der Waals surface area contributed by atoms with E-state index in [4.69, 9.17) is 0 Å². The molecule has 110 valence electrons. The van der Waals surface area contributed by atoms with Gasteiger partial charge in [0.15, 0.2) is 0 Å². The largest absolute Gasteiger partial charge is 0.307 e. The molecule has 0 radical (unpaired) electrons. The zero-order valence-electron chi connectivity index (χ0n) is 12.0. The van der Waals surface area contributed by atoms with Crippen molar-refractivity contribution in [3.63, 3.8) is 0 Å². The Kier molecular flexibility index (Phi) is 5.01. The van der Waals surface area contributed by atoms with Gasteiger partial charge < -0.3 is 5.32 Å². The molecule has 2 heterocycles. The van der Waals surface area contributed by atoms with Gasteiger partial charge in [0, 0.05) is 32.2 Å². The molecular formula is C17H20BrN3. The normalized spacial score (nSPS) is 19.0. The monoisotopic (exact) mass is 345 g/mol. The highest BCUT2D eigenvalue weighted by Crippen LogP contribution is 2.14. The van der Waals surface area contributed by atoms with Crippen molar-refractivity contribution in [1.29, 1.82) is 0 Å². The number of likely N-dealkylation sites (tertiary alicyclic amines) is 1. The van der Waals surface area contributed by atoms with Crippen molar-refractivity contribution in [1.82, 2.24) is 15.2 Å². The van der Waals surface area contributed by atoms with E-state index in [-0.39, 0.29) is 0 Å². The molecule has 1 unspecified atom stereocenters. The van der Waals surface area contributed by atoms with E-state index in [2.05, 4.69) is 67.5 Å². The van der Waals surface area contributed by atoms with Crippen LogP contribution in [0.3, 0.4) is 0 Å². The minimum atomic E-state index is 0.564. The van der Waals surface area contributed by atoms with E-state index in [1.807, 2.05) is 12.1 Å². The molecule has 4 heteroatoms. The van der Waals surface area contributed by atoms with Crippen molar-refractivity contribution in [3.8, 4) is 0 Å². The molecule has 1 aromatic heterocycles. The standard InChI is InChI=1S/C17H20BrN3/c18-17-8-4-7-15(20-17)11-19-16-9-10-21(13-16)12-14-5-2-1-3-6-14/h1-8,16,19H,9-13H2. The van der Waals surface area contributed by atoms with Crippen molar-refractivity contribution < 1.29 is 0 Å². The molecule has 2 aromatic rings. The lowest BCUT2D eigenvalue weighted by atomic mass is 10.2. The van der Waals surface area contributed by atoms with E-state index >= 15 is 0 Å². The third kappa shape index (κ3) is 4.37. The summed E-state index contributed by atoms with van der Waals surface area (Å²) in [5.74, 6) is 0. The predicted molar refractivity (Wildman–Crippen MR) is 88.9 cm³/mol. The van der Waals surface area contributed by atoms with E-state index in [9.17, 15) is 0 Å². The molecule has 1 aromatic carbocycles. The molecule has 21 heavy (non-hydrogen) atoms. The van der Waals surface area contributed by atoms with Crippen LogP contribution >= 0.6 is 15.9 Å². The molecule has 1 saturated heterocycles. The molecule has 1 N–H and O–H groups in total. The molecule has 1 aliphatic rings. The Morgan fingerprint density at radius 2 is 2.00 bits per heavy atom. The van der Waals surface area contributed by atoms with Gasteiger partial charge in [0.25, 0.3) is 0 Å². The van der Waals surface area contributed by atoms with Crippen molar-refractivity contribution in [2.24, 2.45) is 0 Å². The number of aromatic nitrogens is 1. The Bertz CT molecular complexity index is 573. The van der Waals surface area contributed by atoms with Crippen LogP contribution in [0.5, 0.6) is 0 Å². The Morgan fingerprint density at radius 3 is 2.81 bits per heavy atom. The zero-order valence-corrected chi connectivity index (χ0v) is 13.6. The summed E-state index contributed by atoms with van der Waals surface area (Å²) in [6, 6.07) is 17.3. The Balaban J connectivity index is 1.46. The van der Waals surface area contributed by atoms with E-state index in [0.29, 0.717) is 6.04 Å². The summed E-state index contributed by atoms with van der Waals surface area (Å²) in [5, 5.41) is 3.62. The molecule has 1 atom stereocenters. The fourth-order valence-electron chi connectivity index (χ4n) is 2.78. The first-order chi connectivity index (χ1) is 10.3. The van der Waals surface area contributed by atoms with Crippen LogP contribution in [-0.4, -0.2) is 29.0 Å². The van der Waals surface area contributed by atoms with Crippen LogP contribution in [0, 0.1) is 0 Å². The lowest BCUT2D eigenvalue weighted by molar-refractivity contribution is 0.319. The first-order valence-corrected chi connectivity index (χ1v) is 8.20. The van der Waals surface area contributed by atoms with Gasteiger partial charge >= 0.3 is 0 Å². The lowest BCUT2D eigenvalue weighted by Crippen LogP contribution is -2.32. The second kappa shape index (κ2) is 7.16. The fourth-order valence-corrected chi connectivity index (χ4v) is 3.16. The number of hydrogen-bond donors (Lipinski definition) is 1. The van der Waals surface area contributed by atoms with Crippen LogP contribution in [0.4, 0.5) is 0 Å². The smallest absolute Gasteiger partial charge is 0.106 e. The van der Waals surface area contributed by atoms with Crippen LogP contribution in [0.25, 0.3) is 0 Å². The van der Waals surface area contributed by atoms with Crippen molar-refractivity contribution in [3.05, 3.63) is 64.4 Å². The summed E-state index contributed by atoms with van der Waals surface area (Å²) in [6.07, 6.45) is 1.21. The van der Waals surface area contributed by atoms with Gasteiger partial charge in [-0.15, -0.1) is 0 Å². The minimum Gasteiger partial charge on any atom is -0.307 e. The molecule has 0 spiro atoms. The quantitative estimate of drug-likeness (QED) is 0.843. The summed E-state index contributed by atoms with van der Waals surface area (Å²) < 4.78 is 0.902. The fraction of sp³-hybridized carbons (Fsp3) is 0.353. The second-order valence-electron chi connectivity index (χ2n) is 5.54. The predicted octanol–water partition coefficient (Wildman–Crippen LogP) is 3.21. The number of nitrogens with zero attached hydrogens (tertiary/aromatic N) is 2. The topological polar surface area (TPSA) is 28.2 Å². The first kappa shape index (κ1) is 14.7. The maximum atomic E-state index is 4.46. The Hall–Kier alpha value is -1.23. The van der Waals surface area contributed by atoms with Gasteiger partial charge in [0.2, 0.25) is 0 Å². The molecule has 0 bridgehead atoms. The molecule has 3 nitrogen and oxygen atoms in total. The number of halogens is 1. The Morgan fingerprint density at radius 1 is 1.14 bits per heavy atom. The summed E-state index contributed by atoms with van der Waals surface area (Å²) in [6.45, 7) is 4.17. The van der Waals surface area contributed by atoms with Crippen LogP contribution < -0.4 is 5.32 Å². The zero-order chi connectivity index (χ0) is 14.5. The van der Waals surface area contributed by atoms with Gasteiger partial charge in [-0.2, -0.15) is 0 Å². The minimum absolute atomic E-state index is 0.564. The highest BCUT2D eigenvalue weighted by molar-refractivity contribution is 9.10. The van der Waals surface area contributed by atoms with E-state index < -0.39 is 0 Å². The number of rotatable bonds is 5. The summed E-state index contributed by atoms with van der Waals surface area (Å²) in [4.78, 5) is 6.98. The third-order valence-electron chi connectivity index (χ3n) is 3.87. The molecule has 1 fully saturated rings. The van der Waals surface area contributed by atoms with Crippen molar-refractivity contribution >= 4 is 15.9 Å². The molecule has 3 rings (SSSR count). The second-order valence-corrected chi connectivity index (χ2v) is 6.35. The number of hydrogen-bond acceptors (Lipinski definition) is 3. The number of benzene rings is 1. The van der Waals surface area contributed by atoms with Crippen LogP contribution in [0.1, 0.15) is 17.7 Å². The van der Waals surface area contributed by atoms with Crippen LogP contribution in [0.2, 0.25) is 0 Å². The molecular weight excluding hydrogens is 326 g/mol. The van der Waals surface area contributed by atoms with Gasteiger partial charge in [-0.25, -0.2) is 4.98 Å². The molecule has 0 saturated carbocycles. The average Bonchev–Trinajstić information content (AvgIpc) is 2.94. The summed E-state index contributed by atoms with van der Waals surface area (Å²) >= 11 is 3.42. The molecule has 0 amide bonds. The SMILES string of the molecule is Brc1cccc(CNC2CCN(Cc3ccccc3)C2)n1. The first-order valence-electron chi connectivity index (χ1n) is 7.41. The maximum Gasteiger partial charge on any atom is 0.106 e. The lowest BCUT2D eigenvalue weighted by Gasteiger charge is -2.16. The maximum absolute atomic E-state index is 4.46. The summed E-state index contributed by atoms with van der Waals surface area (Å²) in [7, 11) is 0. The van der Waals surface area contributed by atoms with E-state index in [1.54, 1.807) is 0 Å². The van der Waals surface area contributed by atoms with Crippen LogP contribution in [-0.2, 0) is 13.1 Å². The van der Waals surface area contributed by atoms with Gasteiger partial charge in [0.1, 0.15) is 4.60 Å². The number of pyridine rings is 1. The Labute approximate surface area is 134 Å². The van der Waals surface area contributed by atoms with Crippen molar-refractivity contribution in [2.75, 3.05) is 13.1 Å². The molecule has 0 aliphatic carbocycles. The van der Waals surface area contributed by atoms with E-state index in [1.165, 1.54) is 18.5 Å². The highest BCUT2D eigenvalue weighted by atomic mass is 79.9. The van der Waals surface area contributed by atoms with Gasteiger partial charge in [-0.3, -0.25) is 4.90 Å². The van der Waals surface area contributed by atoms with Gasteiger partial charge in [-0.1, -0.05) is 36.4 Å². The van der Waals surface area contributed by atoms with Crippen molar-refractivity contribution in [2.45, 2.75) is 25.6 Å². The third-order valence-corrected chi connectivity index (χ3v) is 4.31. The van der Waals surface area contributed by atoms with E-state index in [0.717, 1.165) is 29.9 Å². The summed E-state index contributed by atoms with van der Waals surface area (Å²) in [5.41, 5.74) is 2.48. The van der Waals surface area contributed by atoms with Crippen LogP contribution in [0.15, 0.2) is 53.1 Å². The molecule has 1 aliphatic heterocycles. The van der Waals surface area contributed by atoms with Gasteiger partial charge in [-0.05, 0) is 40.0 Å².